The van der Waals surface area contributed by atoms with Gasteiger partial charge >= 0.3 is 0 Å². The van der Waals surface area contributed by atoms with Crippen molar-refractivity contribution in [2.75, 3.05) is 5.73 Å². The highest BCUT2D eigenvalue weighted by Gasteiger charge is 2.11. The molecular formula is C17H21BrN2. The number of rotatable bonds is 5. The first-order valence-electron chi connectivity index (χ1n) is 6.87. The number of nitrogens with two attached hydrogens (primary N) is 1. The third kappa shape index (κ3) is 4.36. The fraction of sp³-hybridized carbons (Fsp3) is 0.294. The van der Waals surface area contributed by atoms with E-state index >= 15 is 0 Å². The number of benzene rings is 2. The predicted octanol–water partition coefficient (Wildman–Crippen LogP) is 4.44. The van der Waals surface area contributed by atoms with Gasteiger partial charge in [-0.2, -0.15) is 0 Å². The zero-order valence-electron chi connectivity index (χ0n) is 12.0. The highest BCUT2D eigenvalue weighted by Crippen LogP contribution is 2.16. The summed E-state index contributed by atoms with van der Waals surface area (Å²) in [6.07, 6.45) is 0. The molecule has 2 aromatic rings. The van der Waals surface area contributed by atoms with Crippen LogP contribution < -0.4 is 5.73 Å². The lowest BCUT2D eigenvalue weighted by Gasteiger charge is -2.26. The van der Waals surface area contributed by atoms with Gasteiger partial charge in [-0.3, -0.25) is 4.90 Å². The minimum Gasteiger partial charge on any atom is -0.399 e. The molecule has 0 heterocycles. The van der Waals surface area contributed by atoms with Crippen LogP contribution in [-0.2, 0) is 13.1 Å². The van der Waals surface area contributed by atoms with Gasteiger partial charge in [0.05, 0.1) is 0 Å². The molecule has 0 saturated heterocycles. The van der Waals surface area contributed by atoms with Crippen molar-refractivity contribution < 1.29 is 0 Å². The maximum absolute atomic E-state index is 5.74. The minimum absolute atomic E-state index is 0.496. The Morgan fingerprint density at radius 1 is 0.900 bits per heavy atom. The van der Waals surface area contributed by atoms with Gasteiger partial charge in [0.25, 0.3) is 0 Å². The molecule has 2 rings (SSSR count). The lowest BCUT2D eigenvalue weighted by Crippen LogP contribution is -2.29. The fourth-order valence-electron chi connectivity index (χ4n) is 2.10. The second kappa shape index (κ2) is 6.91. The Hall–Kier alpha value is -1.32. The summed E-state index contributed by atoms with van der Waals surface area (Å²) in [5.74, 6) is 0. The van der Waals surface area contributed by atoms with Gasteiger partial charge in [-0.25, -0.2) is 0 Å². The Kier molecular flexibility index (Phi) is 5.21. The minimum atomic E-state index is 0.496. The molecule has 0 unspecified atom stereocenters. The maximum atomic E-state index is 5.74. The number of halogens is 1. The van der Waals surface area contributed by atoms with Crippen LogP contribution in [-0.4, -0.2) is 10.9 Å². The van der Waals surface area contributed by atoms with Crippen LogP contribution in [0.5, 0.6) is 0 Å². The van der Waals surface area contributed by atoms with E-state index in [1.165, 1.54) is 11.1 Å². The largest absolute Gasteiger partial charge is 0.399 e. The molecule has 2 aromatic carbocycles. The SMILES string of the molecule is CC(C)N(Cc1ccc(N)cc1)Cc1ccc(Br)cc1. The van der Waals surface area contributed by atoms with Gasteiger partial charge in [0.15, 0.2) is 0 Å². The molecule has 106 valence electrons. The summed E-state index contributed by atoms with van der Waals surface area (Å²) in [5, 5.41) is 0. The first-order chi connectivity index (χ1) is 9.54. The summed E-state index contributed by atoms with van der Waals surface area (Å²) in [5.41, 5.74) is 9.18. The molecule has 0 bridgehead atoms. The van der Waals surface area contributed by atoms with Crippen molar-refractivity contribution in [2.45, 2.75) is 33.0 Å². The van der Waals surface area contributed by atoms with Gasteiger partial charge in [-0.15, -0.1) is 0 Å². The topological polar surface area (TPSA) is 29.3 Å². The molecule has 0 amide bonds. The zero-order chi connectivity index (χ0) is 14.5. The highest BCUT2D eigenvalue weighted by atomic mass is 79.9. The van der Waals surface area contributed by atoms with E-state index in [0.717, 1.165) is 23.2 Å². The van der Waals surface area contributed by atoms with Gasteiger partial charge in [-0.1, -0.05) is 40.2 Å². The summed E-state index contributed by atoms with van der Waals surface area (Å²) in [6.45, 7) is 6.36. The summed E-state index contributed by atoms with van der Waals surface area (Å²) in [4.78, 5) is 2.45. The van der Waals surface area contributed by atoms with Gasteiger partial charge in [0.1, 0.15) is 0 Å². The molecule has 0 aliphatic rings. The first kappa shape index (κ1) is 15.1. The van der Waals surface area contributed by atoms with E-state index in [4.69, 9.17) is 5.73 Å². The average Bonchev–Trinajstić information content (AvgIpc) is 2.42. The van der Waals surface area contributed by atoms with Crippen LogP contribution in [0.15, 0.2) is 53.0 Å². The zero-order valence-corrected chi connectivity index (χ0v) is 13.6. The molecule has 0 aliphatic heterocycles. The predicted molar refractivity (Wildman–Crippen MR) is 89.4 cm³/mol. The van der Waals surface area contributed by atoms with Crippen LogP contribution in [0.3, 0.4) is 0 Å². The summed E-state index contributed by atoms with van der Waals surface area (Å²) < 4.78 is 1.12. The van der Waals surface area contributed by atoms with Crippen molar-refractivity contribution in [3.8, 4) is 0 Å². The Balaban J connectivity index is 2.07. The van der Waals surface area contributed by atoms with E-state index in [0.29, 0.717) is 6.04 Å². The molecule has 0 saturated carbocycles. The van der Waals surface area contributed by atoms with E-state index in [1.807, 2.05) is 12.1 Å². The van der Waals surface area contributed by atoms with Crippen molar-refractivity contribution in [1.82, 2.24) is 4.90 Å². The van der Waals surface area contributed by atoms with E-state index in [2.05, 4.69) is 71.1 Å². The molecule has 0 fully saturated rings. The van der Waals surface area contributed by atoms with Crippen LogP contribution in [0.1, 0.15) is 25.0 Å². The summed E-state index contributed by atoms with van der Waals surface area (Å²) >= 11 is 3.48. The van der Waals surface area contributed by atoms with Crippen LogP contribution in [0, 0.1) is 0 Å². The van der Waals surface area contributed by atoms with E-state index in [-0.39, 0.29) is 0 Å². The highest BCUT2D eigenvalue weighted by molar-refractivity contribution is 9.10. The van der Waals surface area contributed by atoms with Gasteiger partial charge in [-0.05, 0) is 49.2 Å². The maximum Gasteiger partial charge on any atom is 0.0314 e. The normalized spacial score (nSPS) is 11.2. The second-order valence-electron chi connectivity index (χ2n) is 5.37. The van der Waals surface area contributed by atoms with Crippen LogP contribution >= 0.6 is 15.9 Å². The third-order valence-electron chi connectivity index (χ3n) is 3.39. The van der Waals surface area contributed by atoms with E-state index in [9.17, 15) is 0 Å². The Morgan fingerprint density at radius 3 is 1.80 bits per heavy atom. The number of nitrogens with zero attached hydrogens (tertiary/aromatic N) is 1. The average molecular weight is 333 g/mol. The molecule has 0 aromatic heterocycles. The Bertz CT molecular complexity index is 484. The number of hydrogen-bond acceptors (Lipinski definition) is 2. The van der Waals surface area contributed by atoms with Gasteiger partial charge in [0.2, 0.25) is 0 Å². The van der Waals surface area contributed by atoms with Crippen molar-refractivity contribution in [3.05, 3.63) is 64.1 Å². The molecule has 20 heavy (non-hydrogen) atoms. The lowest BCUT2D eigenvalue weighted by molar-refractivity contribution is 0.203. The monoisotopic (exact) mass is 332 g/mol. The summed E-state index contributed by atoms with van der Waals surface area (Å²) in [7, 11) is 0. The van der Waals surface area contributed by atoms with Crippen LogP contribution in [0.25, 0.3) is 0 Å². The molecule has 0 radical (unpaired) electrons. The summed E-state index contributed by atoms with van der Waals surface area (Å²) in [6, 6.07) is 17.2. The van der Waals surface area contributed by atoms with Crippen molar-refractivity contribution in [1.29, 1.82) is 0 Å². The van der Waals surface area contributed by atoms with Crippen molar-refractivity contribution in [2.24, 2.45) is 0 Å². The smallest absolute Gasteiger partial charge is 0.0314 e. The molecule has 0 atom stereocenters. The quantitative estimate of drug-likeness (QED) is 0.820. The molecule has 2 nitrogen and oxygen atoms in total. The van der Waals surface area contributed by atoms with Gasteiger partial charge < -0.3 is 5.73 Å². The molecule has 0 aliphatic carbocycles. The van der Waals surface area contributed by atoms with Crippen LogP contribution in [0.2, 0.25) is 0 Å². The van der Waals surface area contributed by atoms with E-state index in [1.54, 1.807) is 0 Å². The number of anilines is 1. The molecular weight excluding hydrogens is 312 g/mol. The Labute approximate surface area is 129 Å². The first-order valence-corrected chi connectivity index (χ1v) is 7.67. The molecule has 0 spiro atoms. The fourth-order valence-corrected chi connectivity index (χ4v) is 2.37. The third-order valence-corrected chi connectivity index (χ3v) is 3.92. The van der Waals surface area contributed by atoms with Crippen molar-refractivity contribution in [3.63, 3.8) is 0 Å². The lowest BCUT2D eigenvalue weighted by atomic mass is 10.1. The van der Waals surface area contributed by atoms with E-state index < -0.39 is 0 Å². The standard InChI is InChI=1S/C17H21BrN2/c1-13(2)20(11-14-3-7-16(18)8-4-14)12-15-5-9-17(19)10-6-15/h3-10,13H,11-12,19H2,1-2H3. The second-order valence-corrected chi connectivity index (χ2v) is 6.28. The van der Waals surface area contributed by atoms with Crippen LogP contribution in [0.4, 0.5) is 5.69 Å². The van der Waals surface area contributed by atoms with Crippen molar-refractivity contribution >= 4 is 21.6 Å². The Morgan fingerprint density at radius 2 is 1.35 bits per heavy atom. The molecule has 2 N–H and O–H groups in total. The number of nitrogen functional groups attached to an aromatic ring is 1. The number of hydrogen-bond donors (Lipinski definition) is 1. The van der Waals surface area contributed by atoms with Gasteiger partial charge in [0, 0.05) is 29.3 Å². The molecule has 3 heteroatoms.